The molecule has 0 aliphatic carbocycles. The Kier molecular flexibility index (Phi) is 5.90. The van der Waals surface area contributed by atoms with Gasteiger partial charge in [-0.2, -0.15) is 0 Å². The number of amides is 2. The molecule has 1 atom stereocenters. The Morgan fingerprint density at radius 3 is 2.00 bits per heavy atom. The first-order valence-corrected chi connectivity index (χ1v) is 11.5. The van der Waals surface area contributed by atoms with Gasteiger partial charge in [0, 0.05) is 50.7 Å². The molecule has 1 fully saturated rings. The van der Waals surface area contributed by atoms with Crippen LogP contribution in [0.1, 0.15) is 29.2 Å². The van der Waals surface area contributed by atoms with Gasteiger partial charge < -0.3 is 19.3 Å². The summed E-state index contributed by atoms with van der Waals surface area (Å²) in [5.74, 6) is 1.82. The van der Waals surface area contributed by atoms with E-state index >= 15 is 0 Å². The van der Waals surface area contributed by atoms with Gasteiger partial charge in [0.25, 0.3) is 0 Å². The Hall–Kier alpha value is -3.54. The van der Waals surface area contributed by atoms with E-state index in [1.54, 1.807) is 12.2 Å². The fraction of sp³-hybridized carbons (Fsp3) is 0.333. The fourth-order valence-electron chi connectivity index (χ4n) is 4.64. The summed E-state index contributed by atoms with van der Waals surface area (Å²) in [7, 11) is 0. The number of nitrogens with zero attached hydrogens (tertiary/aromatic N) is 2. The summed E-state index contributed by atoms with van der Waals surface area (Å²) in [6, 6.07) is 12.0. The average molecular weight is 445 g/mol. The zero-order chi connectivity index (χ0) is 22.8. The zero-order valence-corrected chi connectivity index (χ0v) is 18.8. The van der Waals surface area contributed by atoms with E-state index in [2.05, 4.69) is 12.1 Å². The summed E-state index contributed by atoms with van der Waals surface area (Å²) < 4.78 is 11.1. The third-order valence-corrected chi connectivity index (χ3v) is 6.49. The molecule has 2 aromatic rings. The number of piperazine rings is 1. The Morgan fingerprint density at radius 1 is 0.848 bits per heavy atom. The van der Waals surface area contributed by atoms with Crippen LogP contribution in [-0.4, -0.2) is 60.5 Å². The number of rotatable bonds is 4. The molecule has 0 unspecified atom stereocenters. The van der Waals surface area contributed by atoms with Gasteiger partial charge in [-0.25, -0.2) is 0 Å². The van der Waals surface area contributed by atoms with E-state index in [0.29, 0.717) is 19.6 Å². The molecule has 3 aliphatic heterocycles. The van der Waals surface area contributed by atoms with Crippen LogP contribution in [0.15, 0.2) is 48.6 Å². The van der Waals surface area contributed by atoms with Crippen molar-refractivity contribution in [2.24, 2.45) is 0 Å². The van der Waals surface area contributed by atoms with E-state index in [9.17, 15) is 9.59 Å². The number of carbonyl (C=O) groups excluding carboxylic acids is 2. The van der Waals surface area contributed by atoms with Crippen molar-refractivity contribution < 1.29 is 19.1 Å². The van der Waals surface area contributed by atoms with Gasteiger partial charge in [0.2, 0.25) is 11.8 Å². The van der Waals surface area contributed by atoms with Gasteiger partial charge in [-0.15, -0.1) is 0 Å². The lowest BCUT2D eigenvalue weighted by Crippen LogP contribution is -2.54. The second-order valence-electron chi connectivity index (χ2n) is 8.76. The molecule has 0 bridgehead atoms. The van der Waals surface area contributed by atoms with Crippen molar-refractivity contribution in [2.45, 2.75) is 25.8 Å². The third kappa shape index (κ3) is 4.65. The fourth-order valence-corrected chi connectivity index (χ4v) is 4.64. The van der Waals surface area contributed by atoms with Crippen molar-refractivity contribution in [1.29, 1.82) is 0 Å². The van der Waals surface area contributed by atoms with Gasteiger partial charge in [0.05, 0.1) is 13.2 Å². The van der Waals surface area contributed by atoms with E-state index in [-0.39, 0.29) is 17.9 Å². The molecule has 6 heteroatoms. The van der Waals surface area contributed by atoms with Crippen LogP contribution in [0.2, 0.25) is 0 Å². The molecule has 0 aromatic heterocycles. The van der Waals surface area contributed by atoms with E-state index in [1.807, 2.05) is 53.1 Å². The Morgan fingerprint density at radius 2 is 1.42 bits per heavy atom. The standard InChI is InChI=1S/C27H28N2O4/c1-19-18-28(26(30)8-4-20-2-6-24-22(16-20)10-14-32-24)12-13-29(19)27(31)9-5-21-3-7-25-23(17-21)11-15-33-25/h2-9,16-17,19H,10-15,18H2,1H3/b8-4+,9-5+/t19-/m0/s1. The lowest BCUT2D eigenvalue weighted by atomic mass is 10.1. The average Bonchev–Trinajstić information content (AvgIpc) is 3.49. The molecule has 2 aromatic carbocycles. The van der Waals surface area contributed by atoms with Crippen LogP contribution in [0.5, 0.6) is 11.5 Å². The smallest absolute Gasteiger partial charge is 0.246 e. The minimum absolute atomic E-state index is 0.0257. The third-order valence-electron chi connectivity index (χ3n) is 6.49. The summed E-state index contributed by atoms with van der Waals surface area (Å²) in [6.07, 6.45) is 8.78. The van der Waals surface area contributed by atoms with Crippen molar-refractivity contribution in [3.63, 3.8) is 0 Å². The summed E-state index contributed by atoms with van der Waals surface area (Å²) in [6.45, 7) is 5.01. The van der Waals surface area contributed by atoms with Gasteiger partial charge in [-0.1, -0.05) is 12.1 Å². The summed E-state index contributed by atoms with van der Waals surface area (Å²) in [4.78, 5) is 29.1. The molecule has 170 valence electrons. The topological polar surface area (TPSA) is 59.1 Å². The second-order valence-corrected chi connectivity index (χ2v) is 8.76. The van der Waals surface area contributed by atoms with Crippen LogP contribution in [0.3, 0.4) is 0 Å². The van der Waals surface area contributed by atoms with Gasteiger partial charge in [-0.3, -0.25) is 9.59 Å². The number of benzene rings is 2. The first-order chi connectivity index (χ1) is 16.1. The highest BCUT2D eigenvalue weighted by Crippen LogP contribution is 2.27. The van der Waals surface area contributed by atoms with E-state index in [1.165, 1.54) is 11.1 Å². The molecule has 3 aliphatic rings. The molecule has 0 saturated carbocycles. The van der Waals surface area contributed by atoms with Gasteiger partial charge in [-0.05, 0) is 65.6 Å². The number of hydrogen-bond acceptors (Lipinski definition) is 4. The van der Waals surface area contributed by atoms with Gasteiger partial charge in [0.15, 0.2) is 0 Å². The molecule has 1 saturated heterocycles. The van der Waals surface area contributed by atoms with Crippen molar-refractivity contribution >= 4 is 24.0 Å². The number of ether oxygens (including phenoxy) is 2. The monoisotopic (exact) mass is 444 g/mol. The highest BCUT2D eigenvalue weighted by atomic mass is 16.5. The summed E-state index contributed by atoms with van der Waals surface area (Å²) in [5.41, 5.74) is 4.37. The van der Waals surface area contributed by atoms with E-state index < -0.39 is 0 Å². The highest BCUT2D eigenvalue weighted by molar-refractivity contribution is 5.94. The first-order valence-electron chi connectivity index (χ1n) is 11.5. The minimum Gasteiger partial charge on any atom is -0.493 e. The molecule has 5 rings (SSSR count). The number of fused-ring (bicyclic) bond motifs is 2. The summed E-state index contributed by atoms with van der Waals surface area (Å²) >= 11 is 0. The van der Waals surface area contributed by atoms with Gasteiger partial charge in [0.1, 0.15) is 11.5 Å². The molecule has 0 spiro atoms. The minimum atomic E-state index is -0.0428. The molecule has 33 heavy (non-hydrogen) atoms. The van der Waals surface area contributed by atoms with Crippen LogP contribution < -0.4 is 9.47 Å². The quantitative estimate of drug-likeness (QED) is 0.679. The predicted octanol–water partition coefficient (Wildman–Crippen LogP) is 3.34. The van der Waals surface area contributed by atoms with Gasteiger partial charge >= 0.3 is 0 Å². The molecule has 0 radical (unpaired) electrons. The molecule has 2 amide bonds. The van der Waals surface area contributed by atoms with Crippen LogP contribution >= 0.6 is 0 Å². The lowest BCUT2D eigenvalue weighted by molar-refractivity contribution is -0.136. The Balaban J connectivity index is 1.16. The maximum absolute atomic E-state index is 12.8. The van der Waals surface area contributed by atoms with E-state index in [4.69, 9.17) is 9.47 Å². The van der Waals surface area contributed by atoms with Crippen molar-refractivity contribution in [1.82, 2.24) is 9.80 Å². The second kappa shape index (κ2) is 9.14. The largest absolute Gasteiger partial charge is 0.493 e. The molecular weight excluding hydrogens is 416 g/mol. The van der Waals surface area contributed by atoms with Crippen molar-refractivity contribution in [2.75, 3.05) is 32.8 Å². The number of hydrogen-bond donors (Lipinski definition) is 0. The maximum Gasteiger partial charge on any atom is 0.246 e. The summed E-state index contributed by atoms with van der Waals surface area (Å²) in [5, 5.41) is 0. The maximum atomic E-state index is 12.8. The van der Waals surface area contributed by atoms with Crippen molar-refractivity contribution in [3.8, 4) is 11.5 Å². The van der Waals surface area contributed by atoms with Crippen LogP contribution in [0.25, 0.3) is 12.2 Å². The van der Waals surface area contributed by atoms with Crippen LogP contribution in [0, 0.1) is 0 Å². The SMILES string of the molecule is C[C@H]1CN(C(=O)/C=C/c2ccc3c(c2)CCO3)CCN1C(=O)/C=C/c1ccc2c(c1)CCO2. The van der Waals surface area contributed by atoms with E-state index in [0.717, 1.165) is 48.7 Å². The molecule has 6 nitrogen and oxygen atoms in total. The van der Waals surface area contributed by atoms with Crippen molar-refractivity contribution in [3.05, 3.63) is 70.8 Å². The zero-order valence-electron chi connectivity index (χ0n) is 18.8. The predicted molar refractivity (Wildman–Crippen MR) is 127 cm³/mol. The van der Waals surface area contributed by atoms with Crippen LogP contribution in [0.4, 0.5) is 0 Å². The van der Waals surface area contributed by atoms with Crippen LogP contribution in [-0.2, 0) is 22.4 Å². The Labute approximate surface area is 194 Å². The molecule has 0 N–H and O–H groups in total. The lowest BCUT2D eigenvalue weighted by Gasteiger charge is -2.39. The Bertz CT molecular complexity index is 1140. The highest BCUT2D eigenvalue weighted by Gasteiger charge is 2.28. The number of carbonyl (C=O) groups is 2. The molecular formula is C27H28N2O4. The normalized spacial score (nSPS) is 19.5. The first kappa shape index (κ1) is 21.3. The molecule has 3 heterocycles.